The fourth-order valence-corrected chi connectivity index (χ4v) is 2.86. The van der Waals surface area contributed by atoms with E-state index in [9.17, 15) is 9.59 Å². The van der Waals surface area contributed by atoms with Gasteiger partial charge in [-0.25, -0.2) is 5.43 Å². The molecule has 5 nitrogen and oxygen atoms in total. The van der Waals surface area contributed by atoms with Gasteiger partial charge in [0.05, 0.1) is 10.7 Å². The topological polar surface area (TPSA) is 70.6 Å². The average molecular weight is 336 g/mol. The lowest BCUT2D eigenvalue weighted by Crippen LogP contribution is -2.22. The maximum Gasteiger partial charge on any atom is 0.240 e. The Morgan fingerprint density at radius 3 is 2.74 bits per heavy atom. The zero-order valence-electron chi connectivity index (χ0n) is 13.3. The Kier molecular flexibility index (Phi) is 6.59. The SMILES string of the molecule is CCC1CCC/C1=N/NC(=O)CCC(=O)Nc1ccccc1Cl. The van der Waals surface area contributed by atoms with Crippen LogP contribution in [-0.4, -0.2) is 17.5 Å². The molecular weight excluding hydrogens is 314 g/mol. The van der Waals surface area contributed by atoms with Crippen LogP contribution in [0.1, 0.15) is 45.4 Å². The number of nitrogens with zero attached hydrogens (tertiary/aromatic N) is 1. The molecule has 0 saturated heterocycles. The Balaban J connectivity index is 1.75. The number of nitrogens with one attached hydrogen (secondary N) is 2. The van der Waals surface area contributed by atoms with Crippen molar-refractivity contribution in [2.24, 2.45) is 11.0 Å². The number of hydrogen-bond acceptors (Lipinski definition) is 3. The van der Waals surface area contributed by atoms with Gasteiger partial charge in [-0.2, -0.15) is 5.10 Å². The first-order chi connectivity index (χ1) is 11.1. The summed E-state index contributed by atoms with van der Waals surface area (Å²) in [6.45, 7) is 2.13. The maximum atomic E-state index is 11.8. The molecular formula is C17H22ClN3O2. The molecule has 0 aliphatic heterocycles. The van der Waals surface area contributed by atoms with Crippen molar-refractivity contribution in [3.63, 3.8) is 0 Å². The molecule has 0 aromatic heterocycles. The predicted molar refractivity (Wildman–Crippen MR) is 92.5 cm³/mol. The molecule has 1 fully saturated rings. The van der Waals surface area contributed by atoms with Gasteiger partial charge in [0.15, 0.2) is 0 Å². The lowest BCUT2D eigenvalue weighted by molar-refractivity contribution is -0.124. The number of benzene rings is 1. The van der Waals surface area contributed by atoms with Crippen LogP contribution in [0, 0.1) is 5.92 Å². The first-order valence-electron chi connectivity index (χ1n) is 7.99. The summed E-state index contributed by atoms with van der Waals surface area (Å²) < 4.78 is 0. The Bertz CT molecular complexity index is 601. The second-order valence-corrected chi connectivity index (χ2v) is 6.07. The minimum absolute atomic E-state index is 0.0963. The van der Waals surface area contributed by atoms with E-state index < -0.39 is 0 Å². The van der Waals surface area contributed by atoms with Crippen LogP contribution in [0.3, 0.4) is 0 Å². The fourth-order valence-electron chi connectivity index (χ4n) is 2.68. The number of amides is 2. The highest BCUT2D eigenvalue weighted by Crippen LogP contribution is 2.25. The molecule has 0 radical (unpaired) electrons. The molecule has 1 saturated carbocycles. The van der Waals surface area contributed by atoms with Crippen molar-refractivity contribution in [1.29, 1.82) is 0 Å². The first-order valence-corrected chi connectivity index (χ1v) is 8.37. The Morgan fingerprint density at radius 2 is 2.00 bits per heavy atom. The van der Waals surface area contributed by atoms with Crippen molar-refractivity contribution in [3.8, 4) is 0 Å². The van der Waals surface area contributed by atoms with Crippen LogP contribution in [0.25, 0.3) is 0 Å². The fraction of sp³-hybridized carbons (Fsp3) is 0.471. The van der Waals surface area contributed by atoms with Crippen molar-refractivity contribution in [1.82, 2.24) is 5.43 Å². The minimum atomic E-state index is -0.242. The van der Waals surface area contributed by atoms with E-state index in [1.807, 2.05) is 0 Å². The molecule has 2 amide bonds. The number of hydrazone groups is 1. The Hall–Kier alpha value is -1.88. The van der Waals surface area contributed by atoms with Gasteiger partial charge in [-0.1, -0.05) is 30.7 Å². The van der Waals surface area contributed by atoms with E-state index in [0.717, 1.165) is 31.4 Å². The van der Waals surface area contributed by atoms with Gasteiger partial charge >= 0.3 is 0 Å². The molecule has 2 rings (SSSR count). The van der Waals surface area contributed by atoms with E-state index in [0.29, 0.717) is 16.6 Å². The lowest BCUT2D eigenvalue weighted by atomic mass is 10.0. The molecule has 124 valence electrons. The van der Waals surface area contributed by atoms with Gasteiger partial charge in [-0.3, -0.25) is 9.59 Å². The highest BCUT2D eigenvalue weighted by atomic mass is 35.5. The van der Waals surface area contributed by atoms with Crippen molar-refractivity contribution in [3.05, 3.63) is 29.3 Å². The van der Waals surface area contributed by atoms with E-state index in [-0.39, 0.29) is 24.7 Å². The summed E-state index contributed by atoms with van der Waals surface area (Å²) in [5.74, 6) is 0.000543. The summed E-state index contributed by atoms with van der Waals surface area (Å²) in [5.41, 5.74) is 4.19. The van der Waals surface area contributed by atoms with Crippen molar-refractivity contribution in [2.75, 3.05) is 5.32 Å². The summed E-state index contributed by atoms with van der Waals surface area (Å²) in [6.07, 6.45) is 4.47. The highest BCUT2D eigenvalue weighted by molar-refractivity contribution is 6.33. The molecule has 1 aliphatic rings. The number of hydrogen-bond donors (Lipinski definition) is 2. The Labute approximate surface area is 141 Å². The quantitative estimate of drug-likeness (QED) is 0.777. The number of anilines is 1. The van der Waals surface area contributed by atoms with Gasteiger partial charge < -0.3 is 5.32 Å². The van der Waals surface area contributed by atoms with E-state index in [1.54, 1.807) is 24.3 Å². The summed E-state index contributed by atoms with van der Waals surface area (Å²) in [4.78, 5) is 23.6. The number of carbonyl (C=O) groups is 2. The molecule has 1 aromatic rings. The van der Waals surface area contributed by atoms with Crippen LogP contribution in [0.15, 0.2) is 29.4 Å². The number of rotatable bonds is 6. The second kappa shape index (κ2) is 8.67. The minimum Gasteiger partial charge on any atom is -0.325 e. The van der Waals surface area contributed by atoms with Gasteiger partial charge in [0.2, 0.25) is 11.8 Å². The number of carbonyl (C=O) groups excluding carboxylic acids is 2. The molecule has 1 atom stereocenters. The van der Waals surface area contributed by atoms with Gasteiger partial charge in [-0.05, 0) is 43.7 Å². The number of halogens is 1. The second-order valence-electron chi connectivity index (χ2n) is 5.66. The zero-order chi connectivity index (χ0) is 16.7. The van der Waals surface area contributed by atoms with Crippen molar-refractivity contribution in [2.45, 2.75) is 45.4 Å². The van der Waals surface area contributed by atoms with Gasteiger partial charge in [0.1, 0.15) is 0 Å². The third-order valence-electron chi connectivity index (χ3n) is 4.00. The summed E-state index contributed by atoms with van der Waals surface area (Å²) in [6, 6.07) is 7.00. The van der Waals surface area contributed by atoms with Crippen LogP contribution < -0.4 is 10.7 Å². The average Bonchev–Trinajstić information content (AvgIpc) is 3.00. The van der Waals surface area contributed by atoms with Crippen LogP contribution in [-0.2, 0) is 9.59 Å². The zero-order valence-corrected chi connectivity index (χ0v) is 14.0. The lowest BCUT2D eigenvalue weighted by Gasteiger charge is -2.08. The summed E-state index contributed by atoms with van der Waals surface area (Å²) in [5, 5.41) is 7.38. The van der Waals surface area contributed by atoms with E-state index in [1.165, 1.54) is 0 Å². The smallest absolute Gasteiger partial charge is 0.240 e. The van der Waals surface area contributed by atoms with E-state index in [4.69, 9.17) is 11.6 Å². The molecule has 23 heavy (non-hydrogen) atoms. The van der Waals surface area contributed by atoms with Crippen LogP contribution in [0.2, 0.25) is 5.02 Å². The van der Waals surface area contributed by atoms with Crippen LogP contribution >= 0.6 is 11.6 Å². The molecule has 1 aromatic carbocycles. The Morgan fingerprint density at radius 1 is 1.26 bits per heavy atom. The largest absolute Gasteiger partial charge is 0.325 e. The molecule has 0 heterocycles. The van der Waals surface area contributed by atoms with Gasteiger partial charge in [0.25, 0.3) is 0 Å². The third-order valence-corrected chi connectivity index (χ3v) is 4.33. The molecule has 0 bridgehead atoms. The van der Waals surface area contributed by atoms with Crippen LogP contribution in [0.4, 0.5) is 5.69 Å². The van der Waals surface area contributed by atoms with Gasteiger partial charge in [0, 0.05) is 18.6 Å². The molecule has 2 N–H and O–H groups in total. The van der Waals surface area contributed by atoms with E-state index in [2.05, 4.69) is 22.8 Å². The third kappa shape index (κ3) is 5.36. The number of para-hydroxylation sites is 1. The van der Waals surface area contributed by atoms with Crippen molar-refractivity contribution >= 4 is 34.8 Å². The highest BCUT2D eigenvalue weighted by Gasteiger charge is 2.21. The van der Waals surface area contributed by atoms with Gasteiger partial charge in [-0.15, -0.1) is 0 Å². The summed E-state index contributed by atoms with van der Waals surface area (Å²) >= 11 is 5.97. The molecule has 1 aliphatic carbocycles. The van der Waals surface area contributed by atoms with E-state index >= 15 is 0 Å². The normalized spacial score (nSPS) is 18.9. The molecule has 0 spiro atoms. The standard InChI is InChI=1S/C17H22ClN3O2/c1-2-12-6-5-9-14(12)20-21-17(23)11-10-16(22)19-15-8-4-3-7-13(15)18/h3-4,7-8,12H,2,5-6,9-11H2,1H3,(H,19,22)(H,21,23)/b20-14-. The van der Waals surface area contributed by atoms with Crippen LogP contribution in [0.5, 0.6) is 0 Å². The first kappa shape index (κ1) is 17.5. The monoisotopic (exact) mass is 335 g/mol. The predicted octanol–water partition coefficient (Wildman–Crippen LogP) is 3.74. The molecule has 6 heteroatoms. The van der Waals surface area contributed by atoms with Crippen molar-refractivity contribution < 1.29 is 9.59 Å². The maximum absolute atomic E-state index is 11.8. The summed E-state index contributed by atoms with van der Waals surface area (Å²) in [7, 11) is 0. The molecule has 1 unspecified atom stereocenters.